The van der Waals surface area contributed by atoms with Crippen molar-refractivity contribution in [2.75, 3.05) is 5.32 Å². The summed E-state index contributed by atoms with van der Waals surface area (Å²) in [6.45, 7) is -0.242. The number of carbonyl (C=O) groups is 1. The average Bonchev–Trinajstić information content (AvgIpc) is 3.20. The first-order chi connectivity index (χ1) is 11.7. The minimum Gasteiger partial charge on any atom is -0.387 e. The molecule has 0 aliphatic rings. The van der Waals surface area contributed by atoms with Gasteiger partial charge < -0.3 is 9.73 Å². The third kappa shape index (κ3) is 3.59. The molecule has 1 aromatic carbocycles. The summed E-state index contributed by atoms with van der Waals surface area (Å²) >= 11 is 1.39. The quantitative estimate of drug-likeness (QED) is 0.768. The van der Waals surface area contributed by atoms with Gasteiger partial charge in [0.25, 0.3) is 5.89 Å². The van der Waals surface area contributed by atoms with Crippen molar-refractivity contribution < 1.29 is 9.21 Å². The lowest BCUT2D eigenvalue weighted by molar-refractivity contribution is -0.117. The first-order valence-corrected chi connectivity index (χ1v) is 7.91. The molecule has 0 aliphatic carbocycles. The fourth-order valence-corrected chi connectivity index (χ4v) is 2.68. The van der Waals surface area contributed by atoms with Crippen LogP contribution in [0, 0.1) is 11.3 Å². The maximum absolute atomic E-state index is 12.0. The molecule has 0 aliphatic heterocycles. The van der Waals surface area contributed by atoms with Gasteiger partial charge in [0.05, 0.1) is 17.4 Å². The Kier molecular flexibility index (Phi) is 4.54. The van der Waals surface area contributed by atoms with Gasteiger partial charge in [0.2, 0.25) is 5.91 Å². The second kappa shape index (κ2) is 6.93. The van der Waals surface area contributed by atoms with E-state index in [0.717, 1.165) is 15.1 Å². The molecule has 0 bridgehead atoms. The number of nitriles is 1. The van der Waals surface area contributed by atoms with Gasteiger partial charge in [-0.15, -0.1) is 16.4 Å². The van der Waals surface area contributed by atoms with Crippen molar-refractivity contribution in [2.24, 2.45) is 0 Å². The van der Waals surface area contributed by atoms with Crippen molar-refractivity contribution in [3.63, 3.8) is 0 Å². The van der Waals surface area contributed by atoms with E-state index in [1.807, 2.05) is 11.4 Å². The highest BCUT2D eigenvalue weighted by Gasteiger charge is 2.13. The zero-order valence-electron chi connectivity index (χ0n) is 12.4. The summed E-state index contributed by atoms with van der Waals surface area (Å²) in [5.74, 6) is -0.877. The smallest absolute Gasteiger partial charge is 0.387 e. The first kappa shape index (κ1) is 15.7. The van der Waals surface area contributed by atoms with Crippen molar-refractivity contribution in [1.29, 1.82) is 5.26 Å². The molecular weight excluding hydrogens is 328 g/mol. The Morgan fingerprint density at radius 1 is 1.33 bits per heavy atom. The molecule has 0 radical (unpaired) electrons. The monoisotopic (exact) mass is 340 g/mol. The van der Waals surface area contributed by atoms with Crippen molar-refractivity contribution in [3.8, 4) is 16.8 Å². The molecule has 3 aromatic rings. The van der Waals surface area contributed by atoms with Crippen LogP contribution in [0.15, 0.2) is 51.0 Å². The van der Waals surface area contributed by atoms with Crippen LogP contribution in [-0.2, 0) is 17.8 Å². The third-order valence-electron chi connectivity index (χ3n) is 3.15. The lowest BCUT2D eigenvalue weighted by Gasteiger charge is -2.05. The van der Waals surface area contributed by atoms with Crippen molar-refractivity contribution >= 4 is 22.9 Å². The summed E-state index contributed by atoms with van der Waals surface area (Å²) < 4.78 is 6.03. The fraction of sp³-hybridized carbons (Fsp3) is 0.125. The molecule has 1 amide bonds. The van der Waals surface area contributed by atoms with Gasteiger partial charge in [0, 0.05) is 5.69 Å². The minimum absolute atomic E-state index is 0.198. The van der Waals surface area contributed by atoms with E-state index in [4.69, 9.17) is 9.68 Å². The van der Waals surface area contributed by atoms with Gasteiger partial charge in [-0.3, -0.25) is 4.79 Å². The summed E-state index contributed by atoms with van der Waals surface area (Å²) in [6.07, 6.45) is 0.314. The van der Waals surface area contributed by atoms with Gasteiger partial charge in [-0.05, 0) is 29.1 Å². The van der Waals surface area contributed by atoms with Crippen LogP contribution in [0.3, 0.4) is 0 Å². The van der Waals surface area contributed by atoms with E-state index in [9.17, 15) is 9.59 Å². The molecule has 8 heteroatoms. The van der Waals surface area contributed by atoms with Crippen molar-refractivity contribution in [1.82, 2.24) is 9.78 Å². The molecule has 24 heavy (non-hydrogen) atoms. The SMILES string of the molecule is N#CCc1ccc(NC(=O)Cn2nc(-c3cccs3)oc2=O)cc1. The molecule has 120 valence electrons. The largest absolute Gasteiger partial charge is 0.437 e. The molecular formula is C16H12N4O3S. The Bertz CT molecular complexity index is 933. The zero-order valence-corrected chi connectivity index (χ0v) is 13.2. The molecule has 2 heterocycles. The summed E-state index contributed by atoms with van der Waals surface area (Å²) in [6, 6.07) is 12.6. The van der Waals surface area contributed by atoms with Crippen LogP contribution >= 0.6 is 11.3 Å². The third-order valence-corrected chi connectivity index (χ3v) is 4.01. The summed E-state index contributed by atoms with van der Waals surface area (Å²) in [5.41, 5.74) is 1.44. The lowest BCUT2D eigenvalue weighted by Crippen LogP contribution is -2.25. The molecule has 0 unspecified atom stereocenters. The number of rotatable bonds is 5. The van der Waals surface area contributed by atoms with E-state index in [2.05, 4.69) is 16.5 Å². The number of thiophene rings is 1. The number of carbonyl (C=O) groups excluding carboxylic acids is 1. The Balaban J connectivity index is 1.67. The molecule has 0 fully saturated rings. The second-order valence-corrected chi connectivity index (χ2v) is 5.84. The van der Waals surface area contributed by atoms with Gasteiger partial charge in [-0.25, -0.2) is 4.79 Å². The topological polar surface area (TPSA) is 101 Å². The standard InChI is InChI=1S/C16H12N4O3S/c17-8-7-11-3-5-12(6-4-11)18-14(21)10-20-16(22)23-15(19-20)13-2-1-9-24-13/h1-6,9H,7,10H2,(H,18,21). The van der Waals surface area contributed by atoms with E-state index in [1.54, 1.807) is 30.3 Å². The number of benzene rings is 1. The van der Waals surface area contributed by atoms with Gasteiger partial charge in [0.1, 0.15) is 6.54 Å². The molecule has 7 nitrogen and oxygen atoms in total. The maximum atomic E-state index is 12.0. The van der Waals surface area contributed by atoms with Gasteiger partial charge in [0.15, 0.2) is 0 Å². The van der Waals surface area contributed by atoms with Gasteiger partial charge in [-0.2, -0.15) is 9.94 Å². The van der Waals surface area contributed by atoms with Crippen molar-refractivity contribution in [3.05, 3.63) is 57.9 Å². The Morgan fingerprint density at radius 2 is 2.12 bits per heavy atom. The number of aromatic nitrogens is 2. The molecule has 2 aromatic heterocycles. The Hall–Kier alpha value is -3.18. The van der Waals surface area contributed by atoms with Gasteiger partial charge in [-0.1, -0.05) is 18.2 Å². The van der Waals surface area contributed by atoms with Crippen LogP contribution in [0.1, 0.15) is 5.56 Å². The van der Waals surface area contributed by atoms with E-state index in [0.29, 0.717) is 12.1 Å². The number of hydrogen-bond donors (Lipinski definition) is 1. The lowest BCUT2D eigenvalue weighted by atomic mass is 10.1. The highest BCUT2D eigenvalue weighted by atomic mass is 32.1. The van der Waals surface area contributed by atoms with Crippen LogP contribution in [0.5, 0.6) is 0 Å². The molecule has 3 rings (SSSR count). The van der Waals surface area contributed by atoms with Crippen LogP contribution in [-0.4, -0.2) is 15.7 Å². The maximum Gasteiger partial charge on any atom is 0.437 e. The van der Waals surface area contributed by atoms with Crippen LogP contribution in [0.25, 0.3) is 10.8 Å². The van der Waals surface area contributed by atoms with E-state index >= 15 is 0 Å². The van der Waals surface area contributed by atoms with Crippen LogP contribution in [0.4, 0.5) is 5.69 Å². The van der Waals surface area contributed by atoms with E-state index < -0.39 is 11.7 Å². The molecule has 0 saturated carbocycles. The zero-order chi connectivity index (χ0) is 16.9. The number of nitrogens with zero attached hydrogens (tertiary/aromatic N) is 3. The molecule has 0 saturated heterocycles. The predicted octanol–water partition coefficient (Wildman–Crippen LogP) is 2.27. The highest BCUT2D eigenvalue weighted by Crippen LogP contribution is 2.21. The van der Waals surface area contributed by atoms with Crippen LogP contribution in [0.2, 0.25) is 0 Å². The molecule has 0 atom stereocenters. The molecule has 0 spiro atoms. The normalized spacial score (nSPS) is 10.3. The van der Waals surface area contributed by atoms with Crippen molar-refractivity contribution in [2.45, 2.75) is 13.0 Å². The Morgan fingerprint density at radius 3 is 2.79 bits per heavy atom. The number of nitrogens with one attached hydrogen (secondary N) is 1. The Labute approximate surface area is 140 Å². The van der Waals surface area contributed by atoms with E-state index in [-0.39, 0.29) is 12.4 Å². The van der Waals surface area contributed by atoms with Crippen LogP contribution < -0.4 is 11.1 Å². The predicted molar refractivity (Wildman–Crippen MR) is 88.5 cm³/mol. The fourth-order valence-electron chi connectivity index (χ4n) is 2.04. The first-order valence-electron chi connectivity index (χ1n) is 7.03. The summed E-state index contributed by atoms with van der Waals surface area (Å²) in [5, 5.41) is 17.2. The average molecular weight is 340 g/mol. The number of amides is 1. The highest BCUT2D eigenvalue weighted by molar-refractivity contribution is 7.13. The second-order valence-electron chi connectivity index (χ2n) is 4.89. The number of hydrogen-bond acceptors (Lipinski definition) is 6. The minimum atomic E-state index is -0.682. The summed E-state index contributed by atoms with van der Waals surface area (Å²) in [4.78, 5) is 24.5. The molecule has 1 N–H and O–H groups in total. The van der Waals surface area contributed by atoms with E-state index in [1.165, 1.54) is 11.3 Å². The van der Waals surface area contributed by atoms with Gasteiger partial charge >= 0.3 is 5.76 Å². The number of anilines is 1. The summed E-state index contributed by atoms with van der Waals surface area (Å²) in [7, 11) is 0.